The second-order valence-electron chi connectivity index (χ2n) is 4.26. The smallest absolute Gasteiger partial charge is 0.355 e. The zero-order valence-electron chi connectivity index (χ0n) is 9.86. The minimum Gasteiger partial charge on any atom is -0.456 e. The molecule has 19 heavy (non-hydrogen) atoms. The van der Waals surface area contributed by atoms with Gasteiger partial charge in [0.05, 0.1) is 6.04 Å². The molecule has 1 unspecified atom stereocenters. The van der Waals surface area contributed by atoms with Gasteiger partial charge >= 0.3 is 5.97 Å². The van der Waals surface area contributed by atoms with Crippen LogP contribution in [0.5, 0.6) is 0 Å². The lowest BCUT2D eigenvalue weighted by molar-refractivity contribution is -0.140. The fourth-order valence-electron chi connectivity index (χ4n) is 1.87. The summed E-state index contributed by atoms with van der Waals surface area (Å²) in [5.74, 6) is 0.166. The van der Waals surface area contributed by atoms with Gasteiger partial charge in [0.2, 0.25) is 3.79 Å². The molecule has 2 aliphatic rings. The van der Waals surface area contributed by atoms with Crippen LogP contribution in [0.3, 0.4) is 0 Å². The Morgan fingerprint density at radius 3 is 2.84 bits per heavy atom. The number of thiocarbonyl (C=S) groups is 1. The van der Waals surface area contributed by atoms with Crippen molar-refractivity contribution >= 4 is 69.7 Å². The Hall–Kier alpha value is 0.280. The summed E-state index contributed by atoms with van der Waals surface area (Å²) in [6, 6.07) is -0.205. The van der Waals surface area contributed by atoms with Gasteiger partial charge in [0.1, 0.15) is 22.7 Å². The summed E-state index contributed by atoms with van der Waals surface area (Å²) in [6.07, 6.45) is 0. The van der Waals surface area contributed by atoms with Gasteiger partial charge in [-0.2, -0.15) is 0 Å². The highest BCUT2D eigenvalue weighted by atomic mass is 35.6. The number of nitrogens with zero attached hydrogens (tertiary/aromatic N) is 1. The van der Waals surface area contributed by atoms with E-state index in [2.05, 4.69) is 0 Å². The predicted molar refractivity (Wildman–Crippen MR) is 82.6 cm³/mol. The summed E-state index contributed by atoms with van der Waals surface area (Å²) in [5, 5.41) is -0.00786. The Bertz CT molecular complexity index is 464. The van der Waals surface area contributed by atoms with Crippen LogP contribution in [-0.4, -0.2) is 43.4 Å². The van der Waals surface area contributed by atoms with E-state index in [0.717, 1.165) is 5.57 Å². The third kappa shape index (κ3) is 3.14. The summed E-state index contributed by atoms with van der Waals surface area (Å²) < 4.78 is 3.38. The van der Waals surface area contributed by atoms with Crippen LogP contribution in [-0.2, 0) is 9.53 Å². The summed E-state index contributed by atoms with van der Waals surface area (Å²) in [6.45, 7) is 1.54. The topological polar surface area (TPSA) is 55.6 Å². The van der Waals surface area contributed by atoms with Crippen molar-refractivity contribution in [2.75, 3.05) is 12.4 Å². The maximum Gasteiger partial charge on any atom is 0.355 e. The third-order valence-electron chi connectivity index (χ3n) is 2.76. The van der Waals surface area contributed by atoms with Crippen LogP contribution in [0.4, 0.5) is 0 Å². The van der Waals surface area contributed by atoms with Gasteiger partial charge in [0.25, 0.3) is 0 Å². The Labute approximate surface area is 135 Å². The van der Waals surface area contributed by atoms with Crippen LogP contribution in [0.25, 0.3) is 0 Å². The van der Waals surface area contributed by atoms with E-state index in [1.54, 1.807) is 16.7 Å². The number of alkyl halides is 3. The zero-order valence-corrected chi connectivity index (χ0v) is 13.8. The van der Waals surface area contributed by atoms with Crippen molar-refractivity contribution in [1.82, 2.24) is 4.90 Å². The molecule has 1 fully saturated rings. The first kappa shape index (κ1) is 15.7. The van der Waals surface area contributed by atoms with Crippen LogP contribution in [0, 0.1) is 0 Å². The molecule has 1 saturated heterocycles. The lowest BCUT2D eigenvalue weighted by atomic mass is 10.1. The second-order valence-corrected chi connectivity index (χ2v) is 8.30. The fraction of sp³-hybridized carbons (Fsp3) is 0.600. The van der Waals surface area contributed by atoms with Crippen molar-refractivity contribution in [3.8, 4) is 0 Å². The minimum atomic E-state index is -1.63. The number of fused-ring (bicyclic) bond motifs is 1. The number of nitrogens with two attached hydrogens (primary N) is 1. The first-order valence-corrected chi connectivity index (χ1v) is 7.95. The van der Waals surface area contributed by atoms with Gasteiger partial charge in [-0.15, -0.1) is 11.8 Å². The third-order valence-corrected chi connectivity index (χ3v) is 5.00. The lowest BCUT2D eigenvalue weighted by Gasteiger charge is -2.50. The first-order valence-electron chi connectivity index (χ1n) is 5.36. The lowest BCUT2D eigenvalue weighted by Crippen LogP contribution is -2.67. The first-order chi connectivity index (χ1) is 8.72. The molecule has 2 heterocycles. The molecular formula is C10H11Cl3N2O2S2. The molecule has 0 radical (unpaired) electrons. The number of halogens is 3. The summed E-state index contributed by atoms with van der Waals surface area (Å²) in [5.41, 5.74) is 7.19. The Kier molecular flexibility index (Phi) is 4.60. The maximum atomic E-state index is 12.1. The van der Waals surface area contributed by atoms with Crippen LogP contribution < -0.4 is 5.73 Å². The van der Waals surface area contributed by atoms with E-state index < -0.39 is 9.76 Å². The van der Waals surface area contributed by atoms with E-state index in [4.69, 9.17) is 57.5 Å². The van der Waals surface area contributed by atoms with Crippen LogP contribution >= 0.6 is 58.8 Å². The maximum absolute atomic E-state index is 12.1. The summed E-state index contributed by atoms with van der Waals surface area (Å²) in [4.78, 5) is 14.4. The standard InChI is InChI=1S/C10H11Cl3N2O2S2/c1-4-2-19-8-5(14)7(18)15(8)6(4)9(16)17-3-10(11,12)13/h5,8H,2-3,14H2,1H3/t5-,8?/m1/s1. The number of ether oxygens (including phenoxy) is 1. The van der Waals surface area contributed by atoms with E-state index in [1.165, 1.54) is 0 Å². The van der Waals surface area contributed by atoms with Crippen molar-refractivity contribution in [2.24, 2.45) is 5.73 Å². The molecule has 9 heteroatoms. The zero-order chi connectivity index (χ0) is 14.4. The Morgan fingerprint density at radius 1 is 1.63 bits per heavy atom. The second kappa shape index (κ2) is 5.58. The van der Waals surface area contributed by atoms with E-state index in [-0.39, 0.29) is 18.0 Å². The molecule has 2 N–H and O–H groups in total. The molecule has 106 valence electrons. The largest absolute Gasteiger partial charge is 0.456 e. The average Bonchev–Trinajstić information content (AvgIpc) is 2.33. The molecule has 2 rings (SSSR count). The van der Waals surface area contributed by atoms with Gasteiger partial charge in [0, 0.05) is 5.75 Å². The normalized spacial score (nSPS) is 27.0. The molecular weight excluding hydrogens is 351 g/mol. The van der Waals surface area contributed by atoms with Gasteiger partial charge in [-0.1, -0.05) is 47.0 Å². The van der Waals surface area contributed by atoms with Gasteiger partial charge < -0.3 is 15.4 Å². The van der Waals surface area contributed by atoms with Gasteiger partial charge in [0.15, 0.2) is 0 Å². The number of hydrogen-bond acceptors (Lipinski definition) is 5. The predicted octanol–water partition coefficient (Wildman–Crippen LogP) is 2.22. The fourth-order valence-corrected chi connectivity index (χ4v) is 3.79. The molecule has 2 atom stereocenters. The van der Waals surface area contributed by atoms with Gasteiger partial charge in [-0.05, 0) is 12.5 Å². The number of thioether (sulfide) groups is 1. The Morgan fingerprint density at radius 2 is 2.26 bits per heavy atom. The molecule has 0 aromatic rings. The molecule has 0 aromatic carbocycles. The number of hydrogen-bond donors (Lipinski definition) is 1. The number of rotatable bonds is 2. The van der Waals surface area contributed by atoms with Gasteiger partial charge in [-0.3, -0.25) is 0 Å². The van der Waals surface area contributed by atoms with Crippen LogP contribution in [0.1, 0.15) is 6.92 Å². The van der Waals surface area contributed by atoms with Crippen molar-refractivity contribution in [3.05, 3.63) is 11.3 Å². The molecule has 0 amide bonds. The van der Waals surface area contributed by atoms with E-state index in [9.17, 15) is 4.79 Å². The summed E-state index contributed by atoms with van der Waals surface area (Å²) in [7, 11) is 0. The summed E-state index contributed by atoms with van der Waals surface area (Å²) >= 11 is 23.5. The van der Waals surface area contributed by atoms with Crippen LogP contribution in [0.2, 0.25) is 0 Å². The average molecular weight is 362 g/mol. The van der Waals surface area contributed by atoms with E-state index in [0.29, 0.717) is 16.4 Å². The van der Waals surface area contributed by atoms with E-state index >= 15 is 0 Å². The number of esters is 1. The quantitative estimate of drug-likeness (QED) is 0.462. The van der Waals surface area contributed by atoms with Crippen molar-refractivity contribution in [1.29, 1.82) is 0 Å². The molecule has 2 aliphatic heterocycles. The van der Waals surface area contributed by atoms with Gasteiger partial charge in [-0.25, -0.2) is 4.79 Å². The van der Waals surface area contributed by atoms with Crippen LogP contribution in [0.15, 0.2) is 11.3 Å². The number of carbonyl (C=O) groups excluding carboxylic acids is 1. The highest BCUT2D eigenvalue weighted by molar-refractivity contribution is 8.00. The molecule has 0 bridgehead atoms. The van der Waals surface area contributed by atoms with E-state index in [1.807, 2.05) is 6.92 Å². The molecule has 0 saturated carbocycles. The Balaban J connectivity index is 2.13. The molecule has 4 nitrogen and oxygen atoms in total. The highest BCUT2D eigenvalue weighted by Crippen LogP contribution is 2.40. The van der Waals surface area contributed by atoms with Crippen molar-refractivity contribution in [3.63, 3.8) is 0 Å². The number of carbonyl (C=O) groups is 1. The highest BCUT2D eigenvalue weighted by Gasteiger charge is 2.48. The molecule has 0 aromatic heterocycles. The van der Waals surface area contributed by atoms with Crippen molar-refractivity contribution in [2.45, 2.75) is 22.1 Å². The SMILES string of the molecule is CC1=C(C(=O)OCC(Cl)(Cl)Cl)N2C(=S)[C@@H](N)C2SC1. The molecule has 0 aliphatic carbocycles. The van der Waals surface area contributed by atoms with Crippen molar-refractivity contribution < 1.29 is 9.53 Å². The monoisotopic (exact) mass is 360 g/mol. The minimum absolute atomic E-state index is 0.00786. The molecule has 0 spiro atoms.